The van der Waals surface area contributed by atoms with Gasteiger partial charge in [0.05, 0.1) is 5.69 Å². The molecule has 11 aromatic rings. The molecular formula is C61H43N. The SMILES string of the molecule is CC1(C)c2ccccc2-c2ccc(N(c3ccc(-c4ccc5c6ccccc6c6ccccc6c5c4)cc3)c3ccccc3-c3cccc(-c4cccc5ccccc45)c3)cc21. The second kappa shape index (κ2) is 14.2. The number of nitrogens with zero attached hydrogens (tertiary/aromatic N) is 1. The summed E-state index contributed by atoms with van der Waals surface area (Å²) in [4.78, 5) is 2.46. The second-order valence-corrected chi connectivity index (χ2v) is 17.3. The maximum atomic E-state index is 2.46. The minimum Gasteiger partial charge on any atom is -0.310 e. The minimum atomic E-state index is -0.130. The van der Waals surface area contributed by atoms with E-state index in [9.17, 15) is 0 Å². The first kappa shape index (κ1) is 36.1. The molecule has 0 bridgehead atoms. The predicted octanol–water partition coefficient (Wildman–Crippen LogP) is 17.1. The van der Waals surface area contributed by atoms with E-state index in [1.165, 1.54) is 98.7 Å². The zero-order valence-electron chi connectivity index (χ0n) is 34.8. The molecule has 0 radical (unpaired) electrons. The van der Waals surface area contributed by atoms with E-state index in [4.69, 9.17) is 0 Å². The van der Waals surface area contributed by atoms with Crippen molar-refractivity contribution in [3.05, 3.63) is 236 Å². The lowest BCUT2D eigenvalue weighted by molar-refractivity contribution is 0.660. The molecule has 0 heterocycles. The molecule has 0 amide bonds. The fraction of sp³-hybridized carbons (Fsp3) is 0.0492. The summed E-state index contributed by atoms with van der Waals surface area (Å²) in [5.41, 5.74) is 15.8. The molecule has 0 N–H and O–H groups in total. The lowest BCUT2D eigenvalue weighted by atomic mass is 9.82. The molecule has 1 aliphatic rings. The van der Waals surface area contributed by atoms with Crippen molar-refractivity contribution in [3.63, 3.8) is 0 Å². The van der Waals surface area contributed by atoms with Crippen LogP contribution in [-0.4, -0.2) is 0 Å². The topological polar surface area (TPSA) is 3.24 Å². The van der Waals surface area contributed by atoms with E-state index in [0.717, 1.165) is 17.1 Å². The summed E-state index contributed by atoms with van der Waals surface area (Å²) >= 11 is 0. The molecule has 0 atom stereocenters. The van der Waals surface area contributed by atoms with Crippen molar-refractivity contribution in [2.75, 3.05) is 4.90 Å². The molecule has 11 aromatic carbocycles. The van der Waals surface area contributed by atoms with Crippen LogP contribution >= 0.6 is 0 Å². The van der Waals surface area contributed by atoms with Gasteiger partial charge in [0.25, 0.3) is 0 Å². The Morgan fingerprint density at radius 3 is 1.56 bits per heavy atom. The van der Waals surface area contributed by atoms with Crippen molar-refractivity contribution >= 4 is 60.2 Å². The van der Waals surface area contributed by atoms with Crippen molar-refractivity contribution in [2.45, 2.75) is 19.3 Å². The fourth-order valence-corrected chi connectivity index (χ4v) is 10.4. The summed E-state index contributed by atoms with van der Waals surface area (Å²) < 4.78 is 0. The third kappa shape index (κ3) is 5.70. The summed E-state index contributed by atoms with van der Waals surface area (Å²) in [7, 11) is 0. The number of para-hydroxylation sites is 1. The highest BCUT2D eigenvalue weighted by molar-refractivity contribution is 6.25. The Hall–Kier alpha value is -7.74. The zero-order chi connectivity index (χ0) is 41.4. The summed E-state index contributed by atoms with van der Waals surface area (Å²) in [5.74, 6) is 0. The number of benzene rings is 11. The minimum absolute atomic E-state index is 0.130. The normalized spacial score (nSPS) is 12.8. The Morgan fingerprint density at radius 2 is 0.806 bits per heavy atom. The first-order valence-electron chi connectivity index (χ1n) is 21.7. The number of fused-ring (bicyclic) bond motifs is 10. The lowest BCUT2D eigenvalue weighted by Crippen LogP contribution is -2.16. The van der Waals surface area contributed by atoms with Crippen LogP contribution in [0.5, 0.6) is 0 Å². The molecule has 0 saturated heterocycles. The first-order valence-corrected chi connectivity index (χ1v) is 21.7. The van der Waals surface area contributed by atoms with Gasteiger partial charge in [-0.05, 0) is 136 Å². The summed E-state index contributed by atoms with van der Waals surface area (Å²) in [6.45, 7) is 4.73. The van der Waals surface area contributed by atoms with Crippen molar-refractivity contribution in [3.8, 4) is 44.5 Å². The Kier molecular flexibility index (Phi) is 8.27. The maximum absolute atomic E-state index is 2.46. The molecule has 292 valence electrons. The van der Waals surface area contributed by atoms with E-state index in [2.05, 4.69) is 243 Å². The van der Waals surface area contributed by atoms with Gasteiger partial charge in [0.2, 0.25) is 0 Å². The maximum Gasteiger partial charge on any atom is 0.0540 e. The van der Waals surface area contributed by atoms with E-state index >= 15 is 0 Å². The van der Waals surface area contributed by atoms with E-state index in [1.54, 1.807) is 0 Å². The number of anilines is 3. The fourth-order valence-electron chi connectivity index (χ4n) is 10.4. The van der Waals surface area contributed by atoms with Crippen LogP contribution in [0.15, 0.2) is 224 Å². The molecule has 12 rings (SSSR count). The van der Waals surface area contributed by atoms with Crippen LogP contribution in [0.3, 0.4) is 0 Å². The van der Waals surface area contributed by atoms with Gasteiger partial charge in [-0.2, -0.15) is 0 Å². The molecule has 0 fully saturated rings. The molecule has 1 heteroatoms. The smallest absolute Gasteiger partial charge is 0.0540 e. The Balaban J connectivity index is 1.01. The van der Waals surface area contributed by atoms with Crippen LogP contribution in [0, 0.1) is 0 Å². The highest BCUT2D eigenvalue weighted by Crippen LogP contribution is 2.51. The third-order valence-corrected chi connectivity index (χ3v) is 13.4. The van der Waals surface area contributed by atoms with Crippen LogP contribution in [0.1, 0.15) is 25.0 Å². The van der Waals surface area contributed by atoms with Gasteiger partial charge in [0.1, 0.15) is 0 Å². The molecule has 1 nitrogen and oxygen atoms in total. The average molecular weight is 790 g/mol. The van der Waals surface area contributed by atoms with Crippen LogP contribution in [0.4, 0.5) is 17.1 Å². The van der Waals surface area contributed by atoms with Gasteiger partial charge in [-0.3, -0.25) is 0 Å². The highest BCUT2D eigenvalue weighted by atomic mass is 15.1. The number of hydrogen-bond donors (Lipinski definition) is 0. The summed E-state index contributed by atoms with van der Waals surface area (Å²) in [6, 6.07) is 83.0. The van der Waals surface area contributed by atoms with Gasteiger partial charge < -0.3 is 4.90 Å². The van der Waals surface area contributed by atoms with Crippen LogP contribution in [0.2, 0.25) is 0 Å². The Labute approximate surface area is 362 Å². The third-order valence-electron chi connectivity index (χ3n) is 13.4. The van der Waals surface area contributed by atoms with Gasteiger partial charge in [0.15, 0.2) is 0 Å². The standard InChI is InChI=1S/C61H43N/c1-61(2)58-27-11-9-25-55(58)56-36-34-46(39-59(56)61)62(60-28-12-10-20-49(60)44-18-13-17-43(37-44)48-26-14-16-41-15-3-4-19-47(41)48)45-32-29-40(30-33-45)42-31-35-54-52-23-6-5-21-50(52)51-22-7-8-24-53(51)57(54)38-42/h3-39H,1-2H3. The second-order valence-electron chi connectivity index (χ2n) is 17.3. The van der Waals surface area contributed by atoms with Crippen molar-refractivity contribution in [1.82, 2.24) is 0 Å². The predicted molar refractivity (Wildman–Crippen MR) is 265 cm³/mol. The molecule has 0 saturated carbocycles. The van der Waals surface area contributed by atoms with Gasteiger partial charge in [-0.25, -0.2) is 0 Å². The van der Waals surface area contributed by atoms with Crippen LogP contribution in [0.25, 0.3) is 87.6 Å². The quantitative estimate of drug-likeness (QED) is 0.152. The molecule has 62 heavy (non-hydrogen) atoms. The van der Waals surface area contributed by atoms with Crippen molar-refractivity contribution in [1.29, 1.82) is 0 Å². The highest BCUT2D eigenvalue weighted by Gasteiger charge is 2.36. The van der Waals surface area contributed by atoms with Crippen molar-refractivity contribution < 1.29 is 0 Å². The first-order chi connectivity index (χ1) is 30.5. The summed E-state index contributed by atoms with van der Waals surface area (Å²) in [6.07, 6.45) is 0. The van der Waals surface area contributed by atoms with E-state index in [0.29, 0.717) is 0 Å². The van der Waals surface area contributed by atoms with E-state index in [-0.39, 0.29) is 5.41 Å². The number of rotatable bonds is 6. The Morgan fingerprint density at radius 1 is 0.290 bits per heavy atom. The largest absolute Gasteiger partial charge is 0.310 e. The molecule has 1 aliphatic carbocycles. The van der Waals surface area contributed by atoms with Crippen molar-refractivity contribution in [2.24, 2.45) is 0 Å². The molecule has 0 aromatic heterocycles. The number of hydrogen-bond acceptors (Lipinski definition) is 1. The molecular weight excluding hydrogens is 747 g/mol. The van der Waals surface area contributed by atoms with Gasteiger partial charge in [-0.1, -0.05) is 196 Å². The lowest BCUT2D eigenvalue weighted by Gasteiger charge is -2.30. The van der Waals surface area contributed by atoms with E-state index < -0.39 is 0 Å². The Bertz CT molecular complexity index is 3510. The summed E-state index contributed by atoms with van der Waals surface area (Å²) in [5, 5.41) is 10.2. The zero-order valence-corrected chi connectivity index (χ0v) is 34.8. The van der Waals surface area contributed by atoms with E-state index in [1.807, 2.05) is 0 Å². The van der Waals surface area contributed by atoms with Gasteiger partial charge >= 0.3 is 0 Å². The van der Waals surface area contributed by atoms with Crippen LogP contribution in [-0.2, 0) is 5.41 Å². The van der Waals surface area contributed by atoms with Gasteiger partial charge in [-0.15, -0.1) is 0 Å². The molecule has 0 unspecified atom stereocenters. The average Bonchev–Trinajstić information content (AvgIpc) is 3.57. The monoisotopic (exact) mass is 789 g/mol. The van der Waals surface area contributed by atoms with Crippen LogP contribution < -0.4 is 4.90 Å². The van der Waals surface area contributed by atoms with Gasteiger partial charge in [0, 0.05) is 22.4 Å². The molecule has 0 spiro atoms. The molecule has 0 aliphatic heterocycles.